The molecule has 0 saturated carbocycles. The highest BCUT2D eigenvalue weighted by Gasteiger charge is 2.09. The van der Waals surface area contributed by atoms with Crippen molar-refractivity contribution in [3.8, 4) is 0 Å². The van der Waals surface area contributed by atoms with Crippen molar-refractivity contribution >= 4 is 39.6 Å². The summed E-state index contributed by atoms with van der Waals surface area (Å²) in [5, 5.41) is 16.3. The highest BCUT2D eigenvalue weighted by molar-refractivity contribution is 6.04. The number of pyridine rings is 2. The standard InChI is InChI=1S/C29H24N6O3/c1-33-16-13-24(14-17-33)30-21-7-9-23(10-8-21)32-29(36)20-3-5-22(6-4-20)31-27-15-18-34(2)28-12-11-25(35(37)38)19-26(27)28/h3-19H,1-2H3,(H,32,36)/b31-27+. The van der Waals surface area contributed by atoms with Gasteiger partial charge in [0.05, 0.1) is 32.5 Å². The number of rotatable bonds is 5. The van der Waals surface area contributed by atoms with E-state index in [2.05, 4.69) is 15.3 Å². The molecule has 0 saturated heterocycles. The molecule has 0 atom stereocenters. The first kappa shape index (κ1) is 24.4. The van der Waals surface area contributed by atoms with E-state index in [4.69, 9.17) is 0 Å². The van der Waals surface area contributed by atoms with Crippen molar-refractivity contribution in [3.63, 3.8) is 0 Å². The van der Waals surface area contributed by atoms with E-state index < -0.39 is 4.92 Å². The third kappa shape index (κ3) is 5.41. The molecule has 0 aliphatic carbocycles. The lowest BCUT2D eigenvalue weighted by Gasteiger charge is -2.07. The summed E-state index contributed by atoms with van der Waals surface area (Å²) >= 11 is 0. The Kier molecular flexibility index (Phi) is 6.65. The molecule has 0 aliphatic rings. The van der Waals surface area contributed by atoms with Crippen LogP contribution in [0.2, 0.25) is 0 Å². The second-order valence-corrected chi connectivity index (χ2v) is 8.76. The largest absolute Gasteiger partial charge is 0.357 e. The molecule has 9 nitrogen and oxygen atoms in total. The number of non-ortho nitro benzene ring substituents is 1. The molecule has 0 radical (unpaired) electrons. The number of hydrogen-bond acceptors (Lipinski definition) is 5. The van der Waals surface area contributed by atoms with Crippen LogP contribution < -0.4 is 16.0 Å². The highest BCUT2D eigenvalue weighted by atomic mass is 16.6. The van der Waals surface area contributed by atoms with Crippen molar-refractivity contribution in [2.24, 2.45) is 24.1 Å². The first-order valence-corrected chi connectivity index (χ1v) is 11.8. The van der Waals surface area contributed by atoms with Crippen molar-refractivity contribution in [2.45, 2.75) is 0 Å². The van der Waals surface area contributed by atoms with Gasteiger partial charge in [0, 0.05) is 61.5 Å². The van der Waals surface area contributed by atoms with Crippen LogP contribution >= 0.6 is 0 Å². The molecule has 3 aromatic carbocycles. The number of fused-ring (bicyclic) bond motifs is 1. The van der Waals surface area contributed by atoms with Crippen molar-refractivity contribution in [2.75, 3.05) is 5.32 Å². The molecule has 1 N–H and O–H groups in total. The normalized spacial score (nSPS) is 11.4. The molecule has 188 valence electrons. The van der Waals surface area contributed by atoms with E-state index >= 15 is 0 Å². The van der Waals surface area contributed by atoms with E-state index in [1.807, 2.05) is 78.2 Å². The maximum absolute atomic E-state index is 12.8. The molecule has 38 heavy (non-hydrogen) atoms. The number of aryl methyl sites for hydroxylation is 2. The van der Waals surface area contributed by atoms with Crippen molar-refractivity contribution in [3.05, 3.63) is 130 Å². The monoisotopic (exact) mass is 504 g/mol. The molecule has 2 heterocycles. The lowest BCUT2D eigenvalue weighted by atomic mass is 10.1. The van der Waals surface area contributed by atoms with E-state index in [0.29, 0.717) is 27.7 Å². The topological polar surface area (TPSA) is 107 Å². The third-order valence-electron chi connectivity index (χ3n) is 6.03. The second-order valence-electron chi connectivity index (χ2n) is 8.76. The summed E-state index contributed by atoms with van der Waals surface area (Å²) in [5.74, 6) is -0.246. The van der Waals surface area contributed by atoms with Crippen LogP contribution in [-0.2, 0) is 14.1 Å². The predicted octanol–water partition coefficient (Wildman–Crippen LogP) is 5.14. The molecular formula is C29H24N6O3. The molecule has 5 aromatic rings. The smallest absolute Gasteiger partial charge is 0.270 e. The molecule has 5 rings (SSSR count). The summed E-state index contributed by atoms with van der Waals surface area (Å²) in [6.45, 7) is 0. The fourth-order valence-electron chi connectivity index (χ4n) is 3.97. The predicted molar refractivity (Wildman–Crippen MR) is 146 cm³/mol. The molecule has 0 aliphatic heterocycles. The summed E-state index contributed by atoms with van der Waals surface area (Å²) in [4.78, 5) is 32.8. The Morgan fingerprint density at radius 2 is 1.47 bits per heavy atom. The number of nitrogens with zero attached hydrogens (tertiary/aromatic N) is 5. The molecule has 1 amide bonds. The molecule has 9 heteroatoms. The minimum absolute atomic E-state index is 0.00289. The fraction of sp³-hybridized carbons (Fsp3) is 0.0690. The zero-order valence-electron chi connectivity index (χ0n) is 20.8. The van der Waals surface area contributed by atoms with Gasteiger partial charge in [-0.15, -0.1) is 0 Å². The average molecular weight is 505 g/mol. The zero-order valence-corrected chi connectivity index (χ0v) is 20.8. The van der Waals surface area contributed by atoms with Gasteiger partial charge in [0.15, 0.2) is 0 Å². The quantitative estimate of drug-likeness (QED) is 0.264. The molecule has 0 spiro atoms. The average Bonchev–Trinajstić information content (AvgIpc) is 2.93. The van der Waals surface area contributed by atoms with Crippen LogP contribution in [0.15, 0.2) is 114 Å². The van der Waals surface area contributed by atoms with Gasteiger partial charge in [-0.1, -0.05) is 0 Å². The van der Waals surface area contributed by atoms with Gasteiger partial charge in [-0.25, -0.2) is 9.98 Å². The number of anilines is 1. The number of aromatic nitrogens is 2. The van der Waals surface area contributed by atoms with E-state index in [9.17, 15) is 14.9 Å². The lowest BCUT2D eigenvalue weighted by Crippen LogP contribution is -2.11. The number of nitro groups is 1. The molecule has 0 bridgehead atoms. The van der Waals surface area contributed by atoms with Crippen LogP contribution in [-0.4, -0.2) is 20.0 Å². The Morgan fingerprint density at radius 3 is 2.16 bits per heavy atom. The minimum atomic E-state index is -0.421. The number of nitrogens with one attached hydrogen (secondary N) is 1. The van der Waals surface area contributed by atoms with Gasteiger partial charge in [-0.3, -0.25) is 14.9 Å². The number of hydrogen-bond donors (Lipinski definition) is 1. The van der Waals surface area contributed by atoms with Crippen LogP contribution in [0.3, 0.4) is 0 Å². The molecule has 0 unspecified atom stereocenters. The Morgan fingerprint density at radius 1 is 0.816 bits per heavy atom. The zero-order chi connectivity index (χ0) is 26.6. The van der Waals surface area contributed by atoms with Gasteiger partial charge in [0.1, 0.15) is 0 Å². The Hall–Kier alpha value is -5.31. The summed E-state index contributed by atoms with van der Waals surface area (Å²) in [6, 6.07) is 24.6. The summed E-state index contributed by atoms with van der Waals surface area (Å²) < 4.78 is 3.82. The van der Waals surface area contributed by atoms with Crippen LogP contribution in [0.25, 0.3) is 10.9 Å². The fourth-order valence-corrected chi connectivity index (χ4v) is 3.97. The van der Waals surface area contributed by atoms with Crippen LogP contribution in [0.4, 0.5) is 22.7 Å². The Balaban J connectivity index is 1.34. The van der Waals surface area contributed by atoms with Gasteiger partial charge in [-0.05, 0) is 72.8 Å². The maximum atomic E-state index is 12.8. The number of amides is 1. The summed E-state index contributed by atoms with van der Waals surface area (Å²) in [7, 11) is 3.82. The number of nitro benzene ring substituents is 1. The number of benzene rings is 3. The van der Waals surface area contributed by atoms with E-state index in [0.717, 1.165) is 16.6 Å². The van der Waals surface area contributed by atoms with E-state index in [-0.39, 0.29) is 11.6 Å². The van der Waals surface area contributed by atoms with Gasteiger partial charge in [0.2, 0.25) is 0 Å². The minimum Gasteiger partial charge on any atom is -0.357 e. The van der Waals surface area contributed by atoms with Gasteiger partial charge in [0.25, 0.3) is 11.6 Å². The Labute approximate surface area is 217 Å². The van der Waals surface area contributed by atoms with Crippen LogP contribution in [0.1, 0.15) is 10.4 Å². The van der Waals surface area contributed by atoms with Gasteiger partial charge < -0.3 is 14.5 Å². The maximum Gasteiger partial charge on any atom is 0.270 e. The molecule has 0 fully saturated rings. The second kappa shape index (κ2) is 10.4. The van der Waals surface area contributed by atoms with Crippen molar-refractivity contribution in [1.82, 2.24) is 9.13 Å². The molecular weight excluding hydrogens is 480 g/mol. The summed E-state index contributed by atoms with van der Waals surface area (Å²) in [5.41, 5.74) is 3.38. The van der Waals surface area contributed by atoms with Gasteiger partial charge in [-0.2, -0.15) is 0 Å². The first-order chi connectivity index (χ1) is 18.4. The van der Waals surface area contributed by atoms with Crippen LogP contribution in [0, 0.1) is 10.1 Å². The molecule has 2 aromatic heterocycles. The van der Waals surface area contributed by atoms with E-state index in [1.165, 1.54) is 12.1 Å². The highest BCUT2D eigenvalue weighted by Crippen LogP contribution is 2.20. The number of carbonyl (C=O) groups excluding carboxylic acids is 1. The van der Waals surface area contributed by atoms with Gasteiger partial charge >= 0.3 is 0 Å². The van der Waals surface area contributed by atoms with Crippen molar-refractivity contribution < 1.29 is 9.72 Å². The SMILES string of the molecule is Cn1ccc(=Nc2ccc(NC(=O)c3ccc(/N=c4\ccn(C)c5ccc([N+](=O)[O-])cc45)cc3)cc2)cc1. The lowest BCUT2D eigenvalue weighted by molar-refractivity contribution is -0.384. The Bertz CT molecular complexity index is 1780. The van der Waals surface area contributed by atoms with Crippen LogP contribution in [0.5, 0.6) is 0 Å². The summed E-state index contributed by atoms with van der Waals surface area (Å²) in [6.07, 6.45) is 5.72. The first-order valence-electron chi connectivity index (χ1n) is 11.8. The van der Waals surface area contributed by atoms with E-state index in [1.54, 1.807) is 36.4 Å². The van der Waals surface area contributed by atoms with Crippen molar-refractivity contribution in [1.29, 1.82) is 0 Å². The number of carbonyl (C=O) groups is 1. The third-order valence-corrected chi connectivity index (χ3v) is 6.03.